The molecule has 0 aliphatic heterocycles. The lowest BCUT2D eigenvalue weighted by Gasteiger charge is -2.15. The second-order valence-corrected chi connectivity index (χ2v) is 7.54. The maximum absolute atomic E-state index is 6.22. The van der Waals surface area contributed by atoms with E-state index in [2.05, 4.69) is 44.3 Å². The number of halogens is 1. The molecule has 0 radical (unpaired) electrons. The average molecular weight is 314 g/mol. The van der Waals surface area contributed by atoms with Crippen LogP contribution in [0.5, 0.6) is 0 Å². The number of hydrogen-bond acceptors (Lipinski definition) is 3. The van der Waals surface area contributed by atoms with E-state index in [-0.39, 0.29) is 0 Å². The summed E-state index contributed by atoms with van der Waals surface area (Å²) in [6.07, 6.45) is 2.25. The first-order chi connectivity index (χ1) is 9.15. The molecule has 104 valence electrons. The molecule has 0 bridgehead atoms. The van der Waals surface area contributed by atoms with Gasteiger partial charge >= 0.3 is 0 Å². The van der Waals surface area contributed by atoms with Crippen molar-refractivity contribution in [2.75, 3.05) is 6.54 Å². The number of rotatable bonds is 6. The van der Waals surface area contributed by atoms with E-state index in [1.165, 1.54) is 20.2 Å². The molecular formula is C15H20ClNS2. The van der Waals surface area contributed by atoms with Crippen LogP contribution >= 0.6 is 34.3 Å². The first-order valence-electron chi connectivity index (χ1n) is 6.73. The molecule has 1 unspecified atom stereocenters. The van der Waals surface area contributed by atoms with Crippen molar-refractivity contribution in [1.29, 1.82) is 0 Å². The van der Waals surface area contributed by atoms with Gasteiger partial charge < -0.3 is 5.32 Å². The van der Waals surface area contributed by atoms with E-state index < -0.39 is 0 Å². The van der Waals surface area contributed by atoms with Crippen LogP contribution in [0.15, 0.2) is 18.2 Å². The van der Waals surface area contributed by atoms with Gasteiger partial charge in [-0.05, 0) is 50.1 Å². The Morgan fingerprint density at radius 3 is 2.53 bits per heavy atom. The Balaban J connectivity index is 2.29. The third-order valence-corrected chi connectivity index (χ3v) is 5.99. The maximum atomic E-state index is 6.22. The summed E-state index contributed by atoms with van der Waals surface area (Å²) < 4.78 is 0.908. The fourth-order valence-corrected chi connectivity index (χ4v) is 4.43. The van der Waals surface area contributed by atoms with Gasteiger partial charge in [0.2, 0.25) is 0 Å². The average Bonchev–Trinajstić information content (AvgIpc) is 2.98. The summed E-state index contributed by atoms with van der Waals surface area (Å²) in [5.74, 6) is 0. The summed E-state index contributed by atoms with van der Waals surface area (Å²) in [6.45, 7) is 7.50. The van der Waals surface area contributed by atoms with Crippen molar-refractivity contribution in [3.05, 3.63) is 42.7 Å². The van der Waals surface area contributed by atoms with E-state index in [4.69, 9.17) is 11.6 Å². The number of nitrogens with one attached hydrogen (secondary N) is 1. The second kappa shape index (κ2) is 6.89. The van der Waals surface area contributed by atoms with Gasteiger partial charge in [-0.25, -0.2) is 0 Å². The van der Waals surface area contributed by atoms with E-state index in [0.29, 0.717) is 6.04 Å². The molecule has 2 aromatic rings. The Morgan fingerprint density at radius 1 is 1.21 bits per heavy atom. The largest absolute Gasteiger partial charge is 0.305 e. The summed E-state index contributed by atoms with van der Waals surface area (Å²) in [5.41, 5.74) is 1.18. The highest BCUT2D eigenvalue weighted by Gasteiger charge is 2.18. The number of aryl methyl sites for hydroxylation is 2. The van der Waals surface area contributed by atoms with Gasteiger partial charge in [0.15, 0.2) is 0 Å². The molecule has 2 heterocycles. The van der Waals surface area contributed by atoms with Crippen molar-refractivity contribution in [1.82, 2.24) is 5.32 Å². The molecule has 0 aliphatic carbocycles. The van der Waals surface area contributed by atoms with Crippen LogP contribution in [0.2, 0.25) is 4.34 Å². The SMILES string of the molecule is CCCNC(c1ccc(CC)s1)c1cc(C)c(Cl)s1. The monoisotopic (exact) mass is 313 g/mol. The van der Waals surface area contributed by atoms with Crippen LogP contribution in [0.3, 0.4) is 0 Å². The third kappa shape index (κ3) is 3.60. The van der Waals surface area contributed by atoms with Crippen molar-refractivity contribution in [3.8, 4) is 0 Å². The number of thiophene rings is 2. The molecular weight excluding hydrogens is 294 g/mol. The van der Waals surface area contributed by atoms with E-state index in [1.807, 2.05) is 11.3 Å². The Morgan fingerprint density at radius 2 is 2.00 bits per heavy atom. The molecule has 0 aromatic carbocycles. The summed E-state index contributed by atoms with van der Waals surface area (Å²) in [5, 5.41) is 3.64. The highest BCUT2D eigenvalue weighted by atomic mass is 35.5. The van der Waals surface area contributed by atoms with Crippen LogP contribution in [0.4, 0.5) is 0 Å². The Bertz CT molecular complexity index is 510. The zero-order valence-corrected chi connectivity index (χ0v) is 14.0. The third-order valence-electron chi connectivity index (χ3n) is 3.07. The summed E-state index contributed by atoms with van der Waals surface area (Å²) >= 11 is 9.82. The van der Waals surface area contributed by atoms with E-state index >= 15 is 0 Å². The predicted molar refractivity (Wildman–Crippen MR) is 87.9 cm³/mol. The van der Waals surface area contributed by atoms with Gasteiger partial charge in [-0.2, -0.15) is 0 Å². The first kappa shape index (κ1) is 15.0. The first-order valence-corrected chi connectivity index (χ1v) is 8.74. The van der Waals surface area contributed by atoms with Gasteiger partial charge in [0.1, 0.15) is 0 Å². The Labute approximate surface area is 128 Å². The number of hydrogen-bond donors (Lipinski definition) is 1. The standard InChI is InChI=1S/C15H20ClNS2/c1-4-8-17-14(12-7-6-11(5-2)18-12)13-9-10(3)15(16)19-13/h6-7,9,14,17H,4-5,8H2,1-3H3. The predicted octanol–water partition coefficient (Wildman–Crippen LogP) is 5.42. The summed E-state index contributed by atoms with van der Waals surface area (Å²) in [6, 6.07) is 7.00. The maximum Gasteiger partial charge on any atom is 0.0961 e. The molecule has 2 rings (SSSR count). The van der Waals surface area contributed by atoms with Crippen molar-refractivity contribution < 1.29 is 0 Å². The van der Waals surface area contributed by atoms with Crippen LogP contribution in [-0.2, 0) is 6.42 Å². The molecule has 0 saturated heterocycles. The summed E-state index contributed by atoms with van der Waals surface area (Å²) in [7, 11) is 0. The van der Waals surface area contributed by atoms with Crippen LogP contribution < -0.4 is 5.32 Å². The quantitative estimate of drug-likeness (QED) is 0.750. The molecule has 4 heteroatoms. The van der Waals surface area contributed by atoms with Gasteiger partial charge in [0, 0.05) is 14.6 Å². The molecule has 2 aromatic heterocycles. The van der Waals surface area contributed by atoms with Crippen LogP contribution in [0.1, 0.15) is 46.5 Å². The highest BCUT2D eigenvalue weighted by molar-refractivity contribution is 7.17. The fraction of sp³-hybridized carbons (Fsp3) is 0.467. The zero-order chi connectivity index (χ0) is 13.8. The molecule has 1 nitrogen and oxygen atoms in total. The Hall–Kier alpha value is -0.350. The van der Waals surface area contributed by atoms with Gasteiger partial charge in [0.05, 0.1) is 10.4 Å². The zero-order valence-electron chi connectivity index (χ0n) is 11.6. The molecule has 0 amide bonds. The minimum absolute atomic E-state index is 0.293. The molecule has 0 spiro atoms. The van der Waals surface area contributed by atoms with Gasteiger partial charge in [0.25, 0.3) is 0 Å². The van der Waals surface area contributed by atoms with Crippen molar-refractivity contribution >= 4 is 34.3 Å². The minimum atomic E-state index is 0.293. The van der Waals surface area contributed by atoms with Crippen LogP contribution in [0, 0.1) is 6.92 Å². The second-order valence-electron chi connectivity index (χ2n) is 4.65. The highest BCUT2D eigenvalue weighted by Crippen LogP contribution is 2.36. The van der Waals surface area contributed by atoms with E-state index in [0.717, 1.165) is 23.7 Å². The normalized spacial score (nSPS) is 12.8. The minimum Gasteiger partial charge on any atom is -0.305 e. The topological polar surface area (TPSA) is 12.0 Å². The van der Waals surface area contributed by atoms with Crippen LogP contribution in [0.25, 0.3) is 0 Å². The summed E-state index contributed by atoms with van der Waals surface area (Å²) in [4.78, 5) is 4.15. The lowest BCUT2D eigenvalue weighted by atomic mass is 10.1. The van der Waals surface area contributed by atoms with Gasteiger partial charge in [-0.1, -0.05) is 25.4 Å². The van der Waals surface area contributed by atoms with Gasteiger partial charge in [-0.3, -0.25) is 0 Å². The van der Waals surface area contributed by atoms with E-state index in [1.54, 1.807) is 11.3 Å². The lowest BCUT2D eigenvalue weighted by molar-refractivity contribution is 0.613. The molecule has 0 fully saturated rings. The van der Waals surface area contributed by atoms with Crippen LogP contribution in [-0.4, -0.2) is 6.54 Å². The van der Waals surface area contributed by atoms with Crippen molar-refractivity contribution in [2.45, 2.75) is 39.7 Å². The molecule has 19 heavy (non-hydrogen) atoms. The Kier molecular flexibility index (Phi) is 5.46. The fourth-order valence-electron chi connectivity index (χ4n) is 2.00. The smallest absolute Gasteiger partial charge is 0.0961 e. The molecule has 0 saturated carbocycles. The molecule has 1 atom stereocenters. The lowest BCUT2D eigenvalue weighted by Crippen LogP contribution is -2.21. The molecule has 0 aliphatic rings. The van der Waals surface area contributed by atoms with Crippen molar-refractivity contribution in [3.63, 3.8) is 0 Å². The van der Waals surface area contributed by atoms with Crippen molar-refractivity contribution in [2.24, 2.45) is 0 Å². The van der Waals surface area contributed by atoms with Gasteiger partial charge in [-0.15, -0.1) is 22.7 Å². The van der Waals surface area contributed by atoms with E-state index in [9.17, 15) is 0 Å². The molecule has 1 N–H and O–H groups in total.